The summed E-state index contributed by atoms with van der Waals surface area (Å²) in [5, 5.41) is 3.09. The Kier molecular flexibility index (Phi) is 2.00. The molecule has 1 aliphatic rings. The van der Waals surface area contributed by atoms with E-state index in [1.54, 1.807) is 6.07 Å². The summed E-state index contributed by atoms with van der Waals surface area (Å²) in [4.78, 5) is 10.6. The van der Waals surface area contributed by atoms with Crippen molar-refractivity contribution in [3.8, 4) is 0 Å². The molecule has 0 saturated heterocycles. The maximum atomic E-state index is 10.6. The van der Waals surface area contributed by atoms with Crippen LogP contribution < -0.4 is 5.32 Å². The van der Waals surface area contributed by atoms with Gasteiger partial charge in [-0.2, -0.15) is 0 Å². The molecule has 0 bridgehead atoms. The number of nitrogens with zero attached hydrogens (tertiary/aromatic N) is 1. The second kappa shape index (κ2) is 3.31. The van der Waals surface area contributed by atoms with Crippen molar-refractivity contribution in [2.75, 3.05) is 6.54 Å². The van der Waals surface area contributed by atoms with Crippen LogP contribution in [0.5, 0.6) is 0 Å². The van der Waals surface area contributed by atoms with Crippen molar-refractivity contribution in [3.05, 3.63) is 42.4 Å². The van der Waals surface area contributed by atoms with Crippen LogP contribution in [0, 0.1) is 0 Å². The highest BCUT2D eigenvalue weighted by Gasteiger charge is 2.04. The molecule has 0 amide bonds. The van der Waals surface area contributed by atoms with Gasteiger partial charge in [0.05, 0.1) is 12.2 Å². The summed E-state index contributed by atoms with van der Waals surface area (Å²) in [5.41, 5.74) is 1.76. The summed E-state index contributed by atoms with van der Waals surface area (Å²) < 4.78 is 1.88. The zero-order valence-electron chi connectivity index (χ0n) is 7.10. The Balaban J connectivity index is 2.39. The first-order valence-corrected chi connectivity index (χ1v) is 4.14. The number of hydrogen-bond acceptors (Lipinski definition) is 2. The third-order valence-corrected chi connectivity index (χ3v) is 2.00. The van der Waals surface area contributed by atoms with Gasteiger partial charge < -0.3 is 9.88 Å². The Morgan fingerprint density at radius 2 is 2.46 bits per heavy atom. The van der Waals surface area contributed by atoms with Crippen LogP contribution in [-0.2, 0) is 0 Å². The van der Waals surface area contributed by atoms with Crippen molar-refractivity contribution >= 4 is 12.0 Å². The van der Waals surface area contributed by atoms with Gasteiger partial charge in [0.25, 0.3) is 0 Å². The third-order valence-electron chi connectivity index (χ3n) is 2.00. The first-order chi connectivity index (χ1) is 6.42. The van der Waals surface area contributed by atoms with Crippen molar-refractivity contribution < 1.29 is 4.79 Å². The Labute approximate surface area is 76.4 Å². The number of carbonyl (C=O) groups excluding carboxylic acids is 1. The molecule has 3 heteroatoms. The molecule has 0 radical (unpaired) electrons. The molecular formula is C10H10N2O. The first kappa shape index (κ1) is 7.86. The molecule has 1 aromatic heterocycles. The molecule has 0 spiro atoms. The smallest absolute Gasteiger partial charge is 0.166 e. The monoisotopic (exact) mass is 174 g/mol. The molecular weight excluding hydrogens is 164 g/mol. The van der Waals surface area contributed by atoms with Gasteiger partial charge in [-0.05, 0) is 30.5 Å². The van der Waals surface area contributed by atoms with Gasteiger partial charge in [0.15, 0.2) is 6.29 Å². The van der Waals surface area contributed by atoms with E-state index in [0.29, 0.717) is 5.69 Å². The van der Waals surface area contributed by atoms with Crippen LogP contribution >= 0.6 is 0 Å². The van der Waals surface area contributed by atoms with E-state index in [-0.39, 0.29) is 0 Å². The third kappa shape index (κ3) is 1.40. The van der Waals surface area contributed by atoms with Crippen LogP contribution in [0.1, 0.15) is 10.5 Å². The lowest BCUT2D eigenvalue weighted by atomic mass is 10.3. The molecule has 0 aromatic carbocycles. The highest BCUT2D eigenvalue weighted by Crippen LogP contribution is 2.10. The summed E-state index contributed by atoms with van der Waals surface area (Å²) in [6.45, 7) is 0.756. The lowest BCUT2D eigenvalue weighted by Gasteiger charge is -2.13. The molecule has 1 aromatic rings. The number of aromatic nitrogens is 1. The molecule has 1 N–H and O–H groups in total. The molecule has 0 atom stereocenters. The van der Waals surface area contributed by atoms with Gasteiger partial charge in [-0.1, -0.05) is 0 Å². The van der Waals surface area contributed by atoms with Crippen molar-refractivity contribution in [2.24, 2.45) is 0 Å². The topological polar surface area (TPSA) is 34.0 Å². The summed E-state index contributed by atoms with van der Waals surface area (Å²) in [6, 6.07) is 3.66. The minimum atomic E-state index is 0.684. The molecule has 0 saturated carbocycles. The lowest BCUT2D eigenvalue weighted by Crippen LogP contribution is -2.16. The van der Waals surface area contributed by atoms with E-state index in [2.05, 4.69) is 5.32 Å². The van der Waals surface area contributed by atoms with Crippen LogP contribution in [0.15, 0.2) is 36.7 Å². The largest absolute Gasteiger partial charge is 0.385 e. The molecule has 66 valence electrons. The van der Waals surface area contributed by atoms with Crippen LogP contribution in [0.3, 0.4) is 0 Å². The number of hydrogen-bond donors (Lipinski definition) is 1. The molecule has 0 aliphatic carbocycles. The summed E-state index contributed by atoms with van der Waals surface area (Å²) in [5.74, 6) is 0. The van der Waals surface area contributed by atoms with Gasteiger partial charge >= 0.3 is 0 Å². The predicted octanol–water partition coefficient (Wildman–Crippen LogP) is 1.26. The zero-order chi connectivity index (χ0) is 9.10. The van der Waals surface area contributed by atoms with E-state index in [4.69, 9.17) is 0 Å². The summed E-state index contributed by atoms with van der Waals surface area (Å²) in [6.07, 6.45) is 8.54. The van der Waals surface area contributed by atoms with Crippen molar-refractivity contribution in [1.82, 2.24) is 9.88 Å². The van der Waals surface area contributed by atoms with Gasteiger partial charge in [-0.15, -0.1) is 0 Å². The number of nitrogens with one attached hydrogen (secondary N) is 1. The molecule has 0 unspecified atom stereocenters. The highest BCUT2D eigenvalue weighted by molar-refractivity contribution is 5.75. The minimum Gasteiger partial charge on any atom is -0.385 e. The highest BCUT2D eigenvalue weighted by atomic mass is 16.1. The molecule has 3 nitrogen and oxygen atoms in total. The van der Waals surface area contributed by atoms with E-state index in [9.17, 15) is 4.79 Å². The SMILES string of the molecule is O=Cc1cccn1C1=CC=CNC1. The van der Waals surface area contributed by atoms with Gasteiger partial charge in [0.1, 0.15) is 0 Å². The minimum absolute atomic E-state index is 0.684. The standard InChI is InChI=1S/C10H10N2O/c13-8-10-4-2-6-12(10)9-3-1-5-11-7-9/h1-6,8,11H,7H2. The maximum absolute atomic E-state index is 10.6. The Morgan fingerprint density at radius 1 is 1.54 bits per heavy atom. The van der Waals surface area contributed by atoms with Gasteiger partial charge in [0, 0.05) is 11.9 Å². The van der Waals surface area contributed by atoms with Crippen molar-refractivity contribution in [1.29, 1.82) is 0 Å². The lowest BCUT2D eigenvalue weighted by molar-refractivity contribution is 0.111. The van der Waals surface area contributed by atoms with E-state index < -0.39 is 0 Å². The molecule has 2 rings (SSSR count). The Morgan fingerprint density at radius 3 is 3.15 bits per heavy atom. The van der Waals surface area contributed by atoms with Crippen LogP contribution in [0.25, 0.3) is 5.70 Å². The normalized spacial score (nSPS) is 14.9. The fraction of sp³-hybridized carbons (Fsp3) is 0.100. The van der Waals surface area contributed by atoms with Crippen molar-refractivity contribution in [2.45, 2.75) is 0 Å². The van der Waals surface area contributed by atoms with Crippen LogP contribution in [0.4, 0.5) is 0 Å². The maximum Gasteiger partial charge on any atom is 0.166 e. The predicted molar refractivity (Wildman–Crippen MR) is 51.2 cm³/mol. The van der Waals surface area contributed by atoms with E-state index in [1.807, 2.05) is 35.2 Å². The van der Waals surface area contributed by atoms with Crippen LogP contribution in [-0.4, -0.2) is 17.4 Å². The van der Waals surface area contributed by atoms with E-state index in [0.717, 1.165) is 18.5 Å². The number of aldehydes is 1. The summed E-state index contributed by atoms with van der Waals surface area (Å²) in [7, 11) is 0. The van der Waals surface area contributed by atoms with Crippen LogP contribution in [0.2, 0.25) is 0 Å². The second-order valence-corrected chi connectivity index (χ2v) is 2.82. The van der Waals surface area contributed by atoms with E-state index >= 15 is 0 Å². The van der Waals surface area contributed by atoms with Gasteiger partial charge in [-0.3, -0.25) is 4.79 Å². The van der Waals surface area contributed by atoms with Gasteiger partial charge in [-0.25, -0.2) is 0 Å². The number of dihydropyridines is 1. The molecule has 2 heterocycles. The second-order valence-electron chi connectivity index (χ2n) is 2.82. The molecule has 0 fully saturated rings. The van der Waals surface area contributed by atoms with Gasteiger partial charge in [0.2, 0.25) is 0 Å². The van der Waals surface area contributed by atoms with Crippen molar-refractivity contribution in [3.63, 3.8) is 0 Å². The molecule has 13 heavy (non-hydrogen) atoms. The fourth-order valence-electron chi connectivity index (χ4n) is 1.37. The average molecular weight is 174 g/mol. The molecule has 1 aliphatic heterocycles. The fourth-order valence-corrected chi connectivity index (χ4v) is 1.37. The first-order valence-electron chi connectivity index (χ1n) is 4.14. The quantitative estimate of drug-likeness (QED) is 0.685. The zero-order valence-corrected chi connectivity index (χ0v) is 7.10. The number of rotatable bonds is 2. The number of allylic oxidation sites excluding steroid dienone is 2. The van der Waals surface area contributed by atoms with E-state index in [1.165, 1.54) is 0 Å². The number of carbonyl (C=O) groups is 1. The average Bonchev–Trinajstić information content (AvgIpc) is 2.67. The summed E-state index contributed by atoms with van der Waals surface area (Å²) >= 11 is 0. The Bertz CT molecular complexity index is 374. The Hall–Kier alpha value is -1.77.